The lowest BCUT2D eigenvalue weighted by molar-refractivity contribution is 0.319. The quantitative estimate of drug-likeness (QED) is 0.551. The van der Waals surface area contributed by atoms with Crippen molar-refractivity contribution in [3.05, 3.63) is 45.4 Å². The van der Waals surface area contributed by atoms with Crippen LogP contribution < -0.4 is 0 Å². The van der Waals surface area contributed by atoms with Gasteiger partial charge < -0.3 is 0 Å². The molecule has 2 nitrogen and oxygen atoms in total. The molecule has 2 aromatic rings. The van der Waals surface area contributed by atoms with Crippen LogP contribution in [0.15, 0.2) is 24.3 Å². The van der Waals surface area contributed by atoms with E-state index in [-0.39, 0.29) is 0 Å². The lowest BCUT2D eigenvalue weighted by atomic mass is 9.78. The Bertz CT molecular complexity index is 624. The molecular formula is C22H32N2S. The summed E-state index contributed by atoms with van der Waals surface area (Å²) in [6.07, 6.45) is 12.6. The van der Waals surface area contributed by atoms with Gasteiger partial charge in [0.2, 0.25) is 0 Å². The Morgan fingerprint density at radius 3 is 2.20 bits per heavy atom. The number of aryl methyl sites for hydroxylation is 3. The van der Waals surface area contributed by atoms with Gasteiger partial charge in [0.15, 0.2) is 0 Å². The van der Waals surface area contributed by atoms with Crippen LogP contribution in [0.3, 0.4) is 0 Å². The third-order valence-corrected chi connectivity index (χ3v) is 6.80. The molecule has 0 spiro atoms. The summed E-state index contributed by atoms with van der Waals surface area (Å²) in [4.78, 5) is 0. The molecule has 0 atom stereocenters. The molecule has 1 fully saturated rings. The van der Waals surface area contributed by atoms with Gasteiger partial charge in [0.05, 0.1) is 0 Å². The van der Waals surface area contributed by atoms with E-state index in [2.05, 4.69) is 48.3 Å². The van der Waals surface area contributed by atoms with Crippen molar-refractivity contribution in [3.8, 4) is 0 Å². The molecule has 1 heterocycles. The molecule has 1 aliphatic rings. The second-order valence-corrected chi connectivity index (χ2v) is 8.71. The summed E-state index contributed by atoms with van der Waals surface area (Å²) in [5, 5.41) is 11.1. The van der Waals surface area contributed by atoms with Gasteiger partial charge in [-0.1, -0.05) is 51.0 Å². The zero-order chi connectivity index (χ0) is 17.5. The summed E-state index contributed by atoms with van der Waals surface area (Å²) in [6.45, 7) is 4.56. The molecule has 0 saturated heterocycles. The van der Waals surface area contributed by atoms with Gasteiger partial charge in [0.1, 0.15) is 10.0 Å². The monoisotopic (exact) mass is 356 g/mol. The average molecular weight is 357 g/mol. The first-order valence-corrected chi connectivity index (χ1v) is 11.0. The molecule has 0 unspecified atom stereocenters. The molecule has 0 aliphatic heterocycles. The van der Waals surface area contributed by atoms with Crippen LogP contribution >= 0.6 is 11.3 Å². The smallest absolute Gasteiger partial charge is 0.117 e. The van der Waals surface area contributed by atoms with Gasteiger partial charge in [-0.05, 0) is 61.5 Å². The normalized spacial score (nSPS) is 20.7. The van der Waals surface area contributed by atoms with E-state index in [1.54, 1.807) is 16.9 Å². The second-order valence-electron chi connectivity index (χ2n) is 7.56. The molecule has 136 valence electrons. The van der Waals surface area contributed by atoms with Crippen LogP contribution in [0, 0.1) is 5.92 Å². The molecule has 1 aliphatic carbocycles. The van der Waals surface area contributed by atoms with Crippen LogP contribution in [0.1, 0.15) is 85.9 Å². The Morgan fingerprint density at radius 1 is 0.880 bits per heavy atom. The Balaban J connectivity index is 1.48. The topological polar surface area (TPSA) is 25.8 Å². The van der Waals surface area contributed by atoms with Crippen LogP contribution in [0.25, 0.3) is 0 Å². The lowest BCUT2D eigenvalue weighted by Gasteiger charge is -2.28. The van der Waals surface area contributed by atoms with Gasteiger partial charge in [-0.25, -0.2) is 0 Å². The fourth-order valence-electron chi connectivity index (χ4n) is 3.93. The number of hydrogen-bond acceptors (Lipinski definition) is 3. The summed E-state index contributed by atoms with van der Waals surface area (Å²) in [7, 11) is 0. The van der Waals surface area contributed by atoms with E-state index in [9.17, 15) is 0 Å². The van der Waals surface area contributed by atoms with Crippen molar-refractivity contribution in [1.29, 1.82) is 0 Å². The molecule has 0 bridgehead atoms. The maximum absolute atomic E-state index is 4.36. The van der Waals surface area contributed by atoms with Gasteiger partial charge in [0, 0.05) is 12.8 Å². The van der Waals surface area contributed by atoms with Crippen molar-refractivity contribution in [2.45, 2.75) is 84.0 Å². The van der Waals surface area contributed by atoms with Gasteiger partial charge in [-0.2, -0.15) is 0 Å². The predicted octanol–water partition coefficient (Wildman–Crippen LogP) is 6.35. The molecule has 1 aromatic heterocycles. The number of rotatable bonds is 8. The minimum Gasteiger partial charge on any atom is -0.144 e. The van der Waals surface area contributed by atoms with Crippen molar-refractivity contribution in [2.75, 3.05) is 0 Å². The Hall–Kier alpha value is -1.22. The van der Waals surface area contributed by atoms with Crippen molar-refractivity contribution in [3.63, 3.8) is 0 Å². The highest BCUT2D eigenvalue weighted by molar-refractivity contribution is 7.11. The van der Waals surface area contributed by atoms with E-state index in [4.69, 9.17) is 0 Å². The van der Waals surface area contributed by atoms with Crippen LogP contribution in [-0.2, 0) is 19.3 Å². The molecule has 3 rings (SSSR count). The maximum Gasteiger partial charge on any atom is 0.117 e. The highest BCUT2D eigenvalue weighted by Gasteiger charge is 2.21. The number of aromatic nitrogens is 2. The predicted molar refractivity (Wildman–Crippen MR) is 107 cm³/mol. The zero-order valence-electron chi connectivity index (χ0n) is 15.8. The fourth-order valence-corrected chi connectivity index (χ4v) is 4.82. The number of nitrogens with zero attached hydrogens (tertiary/aromatic N) is 2. The first kappa shape index (κ1) is 18.6. The Kier molecular flexibility index (Phi) is 7.03. The lowest BCUT2D eigenvalue weighted by Crippen LogP contribution is -2.12. The summed E-state index contributed by atoms with van der Waals surface area (Å²) in [5.41, 5.74) is 2.98. The summed E-state index contributed by atoms with van der Waals surface area (Å²) in [6, 6.07) is 9.42. The summed E-state index contributed by atoms with van der Waals surface area (Å²) in [5.74, 6) is 1.77. The standard InChI is InChI=1S/C22H32N2S/c1-3-5-6-21-23-24-22(25-21)16-11-18-9-14-20(15-10-18)19-12-7-17(4-2)8-13-19/h9-10,14-15,17,19H,3-8,11-13,16H2,1-2H3. The van der Waals surface area contributed by atoms with Gasteiger partial charge in [0.25, 0.3) is 0 Å². The molecule has 25 heavy (non-hydrogen) atoms. The second kappa shape index (κ2) is 9.47. The van der Waals surface area contributed by atoms with Crippen molar-refractivity contribution in [2.24, 2.45) is 5.92 Å². The number of hydrogen-bond donors (Lipinski definition) is 0. The van der Waals surface area contributed by atoms with Crippen LogP contribution in [0.2, 0.25) is 0 Å². The van der Waals surface area contributed by atoms with E-state index >= 15 is 0 Å². The zero-order valence-corrected chi connectivity index (χ0v) is 16.7. The Morgan fingerprint density at radius 2 is 1.56 bits per heavy atom. The summed E-state index contributed by atoms with van der Waals surface area (Å²) < 4.78 is 0. The molecule has 1 saturated carbocycles. The highest BCUT2D eigenvalue weighted by atomic mass is 32.1. The summed E-state index contributed by atoms with van der Waals surface area (Å²) >= 11 is 1.80. The van der Waals surface area contributed by atoms with Crippen LogP contribution in [-0.4, -0.2) is 10.2 Å². The Labute approximate surface area is 157 Å². The van der Waals surface area contributed by atoms with Crippen molar-refractivity contribution >= 4 is 11.3 Å². The minimum atomic E-state index is 0.793. The van der Waals surface area contributed by atoms with E-state index in [1.165, 1.54) is 60.5 Å². The molecular weight excluding hydrogens is 324 g/mol. The van der Waals surface area contributed by atoms with Crippen LogP contribution in [0.5, 0.6) is 0 Å². The minimum absolute atomic E-state index is 0.793. The third-order valence-electron chi connectivity index (χ3n) is 5.76. The van der Waals surface area contributed by atoms with Gasteiger partial charge in [-0.3, -0.25) is 0 Å². The van der Waals surface area contributed by atoms with E-state index in [1.807, 2.05) is 0 Å². The SMILES string of the molecule is CCCCc1nnc(CCc2ccc(C3CCC(CC)CC3)cc2)s1. The third kappa shape index (κ3) is 5.37. The molecule has 1 aromatic carbocycles. The molecule has 0 amide bonds. The number of unbranched alkanes of at least 4 members (excludes halogenated alkanes) is 1. The number of benzene rings is 1. The van der Waals surface area contributed by atoms with Crippen molar-refractivity contribution in [1.82, 2.24) is 10.2 Å². The maximum atomic E-state index is 4.36. The van der Waals surface area contributed by atoms with Gasteiger partial charge >= 0.3 is 0 Å². The van der Waals surface area contributed by atoms with E-state index in [0.717, 1.165) is 31.1 Å². The molecule has 0 N–H and O–H groups in total. The van der Waals surface area contributed by atoms with E-state index in [0.29, 0.717) is 0 Å². The molecule has 0 radical (unpaired) electrons. The van der Waals surface area contributed by atoms with Gasteiger partial charge in [-0.15, -0.1) is 21.5 Å². The highest BCUT2D eigenvalue weighted by Crippen LogP contribution is 2.36. The van der Waals surface area contributed by atoms with Crippen LogP contribution in [0.4, 0.5) is 0 Å². The largest absolute Gasteiger partial charge is 0.144 e. The fraction of sp³-hybridized carbons (Fsp3) is 0.636. The molecule has 3 heteroatoms. The van der Waals surface area contributed by atoms with E-state index < -0.39 is 0 Å². The first-order chi connectivity index (χ1) is 12.3. The average Bonchev–Trinajstić information content (AvgIpc) is 3.13. The van der Waals surface area contributed by atoms with Crippen molar-refractivity contribution < 1.29 is 0 Å². The first-order valence-electron chi connectivity index (χ1n) is 10.2.